The normalized spacial score (nSPS) is 24.6. The minimum atomic E-state index is 0.137. The van der Waals surface area contributed by atoms with Crippen LogP contribution in [0.3, 0.4) is 0 Å². The molecule has 2 saturated heterocycles. The lowest BCUT2D eigenvalue weighted by Gasteiger charge is -2.41. The topological polar surface area (TPSA) is 57.2 Å². The van der Waals surface area contributed by atoms with Crippen LogP contribution in [0.2, 0.25) is 0 Å². The van der Waals surface area contributed by atoms with E-state index in [1.807, 2.05) is 4.90 Å². The average molecular weight is 465 g/mol. The summed E-state index contributed by atoms with van der Waals surface area (Å²) < 4.78 is 5.48. The van der Waals surface area contributed by atoms with E-state index < -0.39 is 0 Å². The summed E-state index contributed by atoms with van der Waals surface area (Å²) in [6, 6.07) is 9.53. The molecule has 34 heavy (non-hydrogen) atoms. The van der Waals surface area contributed by atoms with E-state index in [2.05, 4.69) is 74.3 Å². The van der Waals surface area contributed by atoms with Crippen molar-refractivity contribution >= 4 is 11.7 Å². The van der Waals surface area contributed by atoms with Gasteiger partial charge in [0.25, 0.3) is 0 Å². The van der Waals surface area contributed by atoms with Crippen LogP contribution in [0.25, 0.3) is 0 Å². The number of likely N-dealkylation sites (tertiary alicyclic amines) is 1. The molecule has 3 aliphatic rings. The minimum Gasteiger partial charge on any atom is -0.378 e. The third-order valence-electron chi connectivity index (χ3n) is 7.13. The second kappa shape index (κ2) is 11.3. The standard InChI is InChI=1S/C28H40N4O2/c1-5-21-7-9-23(10-8-21)24-15-25(19-32(18-24)28(33)31-11-13-34-14-12-31)27-22(6-2)16-26(30-27)17-29-20(3)4/h6-10,16,20,24-25,29H,5,11-15,17-19H2,1-4H3/b22-6+. The largest absolute Gasteiger partial charge is 0.378 e. The molecule has 0 radical (unpaired) electrons. The number of hydrogen-bond donors (Lipinski definition) is 1. The van der Waals surface area contributed by atoms with Gasteiger partial charge in [0.1, 0.15) is 0 Å². The number of allylic oxidation sites excluding steroid dienone is 3. The molecule has 2 amide bonds. The van der Waals surface area contributed by atoms with Gasteiger partial charge in [-0.15, -0.1) is 0 Å². The molecule has 1 N–H and O–H groups in total. The number of carbonyl (C=O) groups is 1. The molecule has 3 heterocycles. The van der Waals surface area contributed by atoms with Crippen molar-refractivity contribution in [2.75, 3.05) is 45.9 Å². The number of nitrogens with zero attached hydrogens (tertiary/aromatic N) is 3. The summed E-state index contributed by atoms with van der Waals surface area (Å²) >= 11 is 0. The molecule has 1 aromatic rings. The monoisotopic (exact) mass is 464 g/mol. The van der Waals surface area contributed by atoms with Crippen LogP contribution in [0.5, 0.6) is 0 Å². The van der Waals surface area contributed by atoms with Crippen LogP contribution in [-0.2, 0) is 11.2 Å². The van der Waals surface area contributed by atoms with Gasteiger partial charge in [0, 0.05) is 50.6 Å². The van der Waals surface area contributed by atoms with Crippen molar-refractivity contribution in [2.24, 2.45) is 10.9 Å². The number of rotatable bonds is 6. The molecular weight excluding hydrogens is 424 g/mol. The maximum absolute atomic E-state index is 13.5. The van der Waals surface area contributed by atoms with Crippen molar-refractivity contribution in [3.8, 4) is 0 Å². The zero-order valence-corrected chi connectivity index (χ0v) is 21.2. The van der Waals surface area contributed by atoms with Crippen LogP contribution in [0.4, 0.5) is 4.79 Å². The first kappa shape index (κ1) is 24.7. The van der Waals surface area contributed by atoms with Crippen molar-refractivity contribution in [2.45, 2.75) is 52.5 Å². The highest BCUT2D eigenvalue weighted by molar-refractivity contribution is 6.07. The Kier molecular flexibility index (Phi) is 8.22. The second-order valence-electron chi connectivity index (χ2n) is 9.92. The molecule has 0 saturated carbocycles. The Morgan fingerprint density at radius 1 is 1.15 bits per heavy atom. The van der Waals surface area contributed by atoms with Gasteiger partial charge in [-0.1, -0.05) is 51.1 Å². The maximum Gasteiger partial charge on any atom is 0.320 e. The molecule has 1 aromatic carbocycles. The Hall–Kier alpha value is -2.44. The predicted octanol–water partition coefficient (Wildman–Crippen LogP) is 4.39. The smallest absolute Gasteiger partial charge is 0.320 e. The van der Waals surface area contributed by atoms with E-state index in [9.17, 15) is 4.79 Å². The first-order chi connectivity index (χ1) is 16.5. The van der Waals surface area contributed by atoms with Crippen molar-refractivity contribution in [3.05, 3.63) is 58.8 Å². The molecule has 184 valence electrons. The Morgan fingerprint density at radius 2 is 1.85 bits per heavy atom. The summed E-state index contributed by atoms with van der Waals surface area (Å²) in [6.45, 7) is 13.4. The fourth-order valence-corrected chi connectivity index (χ4v) is 5.14. The molecule has 2 fully saturated rings. The summed E-state index contributed by atoms with van der Waals surface area (Å²) in [6.07, 6.45) is 6.41. The van der Waals surface area contributed by atoms with Gasteiger partial charge in [-0.05, 0) is 42.5 Å². The quantitative estimate of drug-likeness (QED) is 0.679. The molecule has 3 aliphatic heterocycles. The number of aliphatic imine (C=N–C) groups is 1. The lowest BCUT2D eigenvalue weighted by atomic mass is 9.80. The highest BCUT2D eigenvalue weighted by Crippen LogP contribution is 2.35. The maximum atomic E-state index is 13.5. The SMILES string of the molecule is C/C=C1\C=C(CNC(C)C)N=C1C1CC(c2ccc(CC)cc2)CN(C(=O)N2CCOCC2)C1. The van der Waals surface area contributed by atoms with Crippen LogP contribution in [0.15, 0.2) is 52.7 Å². The fraction of sp³-hybridized carbons (Fsp3) is 0.571. The highest BCUT2D eigenvalue weighted by atomic mass is 16.5. The number of morpholine rings is 1. The molecule has 0 spiro atoms. The molecule has 4 rings (SSSR count). The fourth-order valence-electron chi connectivity index (χ4n) is 5.14. The minimum absolute atomic E-state index is 0.137. The lowest BCUT2D eigenvalue weighted by molar-refractivity contribution is 0.0396. The Labute approximate surface area is 204 Å². The first-order valence-electron chi connectivity index (χ1n) is 12.9. The van der Waals surface area contributed by atoms with Gasteiger partial charge in [-0.2, -0.15) is 0 Å². The van der Waals surface area contributed by atoms with Crippen LogP contribution < -0.4 is 5.32 Å². The number of hydrogen-bond acceptors (Lipinski definition) is 4. The van der Waals surface area contributed by atoms with E-state index >= 15 is 0 Å². The Bertz CT molecular complexity index is 942. The van der Waals surface area contributed by atoms with Gasteiger partial charge in [0.05, 0.1) is 24.6 Å². The van der Waals surface area contributed by atoms with Crippen molar-refractivity contribution in [1.82, 2.24) is 15.1 Å². The van der Waals surface area contributed by atoms with Gasteiger partial charge in [-0.25, -0.2) is 4.79 Å². The predicted molar refractivity (Wildman–Crippen MR) is 138 cm³/mol. The van der Waals surface area contributed by atoms with E-state index in [1.165, 1.54) is 16.7 Å². The molecule has 2 atom stereocenters. The van der Waals surface area contributed by atoms with Gasteiger partial charge >= 0.3 is 6.03 Å². The van der Waals surface area contributed by atoms with Crippen LogP contribution >= 0.6 is 0 Å². The summed E-state index contributed by atoms with van der Waals surface area (Å²) in [5.74, 6) is 0.516. The third kappa shape index (κ3) is 5.78. The Balaban J connectivity index is 1.58. The van der Waals surface area contributed by atoms with E-state index in [-0.39, 0.29) is 11.9 Å². The van der Waals surface area contributed by atoms with Crippen molar-refractivity contribution in [1.29, 1.82) is 0 Å². The molecule has 0 aliphatic carbocycles. The molecular formula is C28H40N4O2. The summed E-state index contributed by atoms with van der Waals surface area (Å²) in [5.41, 5.74) is 6.08. The van der Waals surface area contributed by atoms with Gasteiger partial charge in [-0.3, -0.25) is 4.99 Å². The molecule has 2 unspecified atom stereocenters. The number of aryl methyl sites for hydroxylation is 1. The zero-order chi connectivity index (χ0) is 24.1. The van der Waals surface area contributed by atoms with Gasteiger partial charge < -0.3 is 19.9 Å². The van der Waals surface area contributed by atoms with E-state index in [0.29, 0.717) is 44.8 Å². The number of piperidine rings is 1. The van der Waals surface area contributed by atoms with Gasteiger partial charge in [0.15, 0.2) is 0 Å². The lowest BCUT2D eigenvalue weighted by Crippen LogP contribution is -2.53. The first-order valence-corrected chi connectivity index (χ1v) is 12.9. The molecule has 0 aromatic heterocycles. The summed E-state index contributed by atoms with van der Waals surface area (Å²) in [4.78, 5) is 22.6. The zero-order valence-electron chi connectivity index (χ0n) is 21.2. The van der Waals surface area contributed by atoms with Crippen molar-refractivity contribution in [3.63, 3.8) is 0 Å². The number of carbonyl (C=O) groups excluding carboxylic acids is 1. The second-order valence-corrected chi connectivity index (χ2v) is 9.92. The highest BCUT2D eigenvalue weighted by Gasteiger charge is 2.37. The summed E-state index contributed by atoms with van der Waals surface area (Å²) in [7, 11) is 0. The van der Waals surface area contributed by atoms with Gasteiger partial charge in [0.2, 0.25) is 0 Å². The molecule has 0 bridgehead atoms. The van der Waals surface area contributed by atoms with Crippen LogP contribution in [0, 0.1) is 5.92 Å². The van der Waals surface area contributed by atoms with Crippen molar-refractivity contribution < 1.29 is 9.53 Å². The average Bonchev–Trinajstić information content (AvgIpc) is 3.31. The van der Waals surface area contributed by atoms with Crippen LogP contribution in [0.1, 0.15) is 51.2 Å². The van der Waals surface area contributed by atoms with E-state index in [1.54, 1.807) is 0 Å². The molecule has 6 nitrogen and oxygen atoms in total. The van der Waals surface area contributed by atoms with E-state index in [0.717, 1.165) is 37.3 Å². The van der Waals surface area contributed by atoms with E-state index in [4.69, 9.17) is 9.73 Å². The third-order valence-corrected chi connectivity index (χ3v) is 7.13. The number of ether oxygens (including phenoxy) is 1. The number of amides is 2. The Morgan fingerprint density at radius 3 is 2.50 bits per heavy atom. The van der Waals surface area contributed by atoms with Crippen LogP contribution in [-0.4, -0.2) is 73.5 Å². The number of urea groups is 1. The number of nitrogens with one attached hydrogen (secondary N) is 1. The number of benzene rings is 1. The molecule has 6 heteroatoms. The summed E-state index contributed by atoms with van der Waals surface area (Å²) in [5, 5.41) is 3.49.